The molecule has 0 unspecified atom stereocenters. The second-order valence-electron chi connectivity index (χ2n) is 7.65. The molecule has 0 radical (unpaired) electrons. The summed E-state index contributed by atoms with van der Waals surface area (Å²) >= 11 is 0. The summed E-state index contributed by atoms with van der Waals surface area (Å²) in [7, 11) is 0. The minimum atomic E-state index is 0.0195. The molecule has 0 aromatic carbocycles. The van der Waals surface area contributed by atoms with Crippen LogP contribution in [-0.4, -0.2) is 12.1 Å². The van der Waals surface area contributed by atoms with E-state index in [0.29, 0.717) is 6.42 Å². The maximum absolute atomic E-state index is 11.9. The zero-order valence-electron chi connectivity index (χ0n) is 17.6. The van der Waals surface area contributed by atoms with E-state index in [4.69, 9.17) is 4.74 Å². The zero-order valence-corrected chi connectivity index (χ0v) is 17.6. The Balaban J connectivity index is 3.44. The van der Waals surface area contributed by atoms with Crippen LogP contribution in [-0.2, 0) is 9.53 Å². The van der Waals surface area contributed by atoms with E-state index >= 15 is 0 Å². The molecule has 0 aliphatic rings. The van der Waals surface area contributed by atoms with Crippen LogP contribution in [0.3, 0.4) is 0 Å². The first kappa shape index (κ1) is 24.5. The van der Waals surface area contributed by atoms with Crippen LogP contribution in [0.4, 0.5) is 0 Å². The molecule has 0 aliphatic carbocycles. The quantitative estimate of drug-likeness (QED) is 0.173. The Morgan fingerprint density at radius 2 is 1.08 bits per heavy atom. The number of hydrogen-bond donors (Lipinski definition) is 0. The minimum absolute atomic E-state index is 0.0195. The smallest absolute Gasteiger partial charge is 0.306 e. The first-order valence-electron chi connectivity index (χ1n) is 11.4. The molecule has 0 fully saturated rings. The molecule has 0 N–H and O–H groups in total. The molecule has 0 amide bonds. The predicted molar refractivity (Wildman–Crippen MR) is 110 cm³/mol. The van der Waals surface area contributed by atoms with E-state index in [-0.39, 0.29) is 12.1 Å². The summed E-state index contributed by atoms with van der Waals surface area (Å²) in [6.07, 6.45) is 22.4. The van der Waals surface area contributed by atoms with Crippen LogP contribution in [0.2, 0.25) is 0 Å². The van der Waals surface area contributed by atoms with Gasteiger partial charge in [0.25, 0.3) is 0 Å². The van der Waals surface area contributed by atoms with E-state index in [0.717, 1.165) is 25.7 Å². The summed E-state index contributed by atoms with van der Waals surface area (Å²) < 4.78 is 5.63. The number of ether oxygens (including phenoxy) is 1. The van der Waals surface area contributed by atoms with Gasteiger partial charge in [-0.05, 0) is 25.7 Å². The van der Waals surface area contributed by atoms with Gasteiger partial charge < -0.3 is 4.74 Å². The molecule has 0 saturated carbocycles. The summed E-state index contributed by atoms with van der Waals surface area (Å²) in [5, 5.41) is 0. The number of carbonyl (C=O) groups is 1. The summed E-state index contributed by atoms with van der Waals surface area (Å²) in [6.45, 7) is 6.60. The van der Waals surface area contributed by atoms with Crippen LogP contribution >= 0.6 is 0 Å². The molecule has 25 heavy (non-hydrogen) atoms. The second-order valence-corrected chi connectivity index (χ2v) is 7.65. The van der Waals surface area contributed by atoms with Crippen molar-refractivity contribution >= 4 is 5.97 Å². The predicted octanol–water partition coefficient (Wildman–Crippen LogP) is 7.98. The molecule has 0 aromatic rings. The maximum atomic E-state index is 11.9. The van der Waals surface area contributed by atoms with E-state index in [2.05, 4.69) is 20.8 Å². The fraction of sp³-hybridized carbons (Fsp3) is 0.957. The van der Waals surface area contributed by atoms with Gasteiger partial charge in [0.2, 0.25) is 0 Å². The third-order valence-corrected chi connectivity index (χ3v) is 5.12. The highest BCUT2D eigenvalue weighted by Gasteiger charge is 2.11. The molecule has 1 atom stereocenters. The van der Waals surface area contributed by atoms with E-state index in [9.17, 15) is 4.79 Å². The minimum Gasteiger partial charge on any atom is -0.462 e. The van der Waals surface area contributed by atoms with Crippen molar-refractivity contribution in [2.24, 2.45) is 0 Å². The van der Waals surface area contributed by atoms with Gasteiger partial charge in [0.15, 0.2) is 0 Å². The Labute approximate surface area is 158 Å². The highest BCUT2D eigenvalue weighted by molar-refractivity contribution is 5.69. The van der Waals surface area contributed by atoms with Gasteiger partial charge in [-0.25, -0.2) is 0 Å². The molecule has 0 heterocycles. The third kappa shape index (κ3) is 18.1. The lowest BCUT2D eigenvalue weighted by molar-refractivity contribution is -0.149. The van der Waals surface area contributed by atoms with Crippen molar-refractivity contribution in [3.05, 3.63) is 0 Å². The average molecular weight is 355 g/mol. The first-order valence-corrected chi connectivity index (χ1v) is 11.4. The van der Waals surface area contributed by atoms with Crippen LogP contribution in [0.5, 0.6) is 0 Å². The fourth-order valence-electron chi connectivity index (χ4n) is 3.32. The topological polar surface area (TPSA) is 26.3 Å². The normalized spacial score (nSPS) is 12.3. The summed E-state index contributed by atoms with van der Waals surface area (Å²) in [5.74, 6) is 0.0195. The lowest BCUT2D eigenvalue weighted by Gasteiger charge is -2.16. The Bertz CT molecular complexity index is 275. The molecule has 0 saturated heterocycles. The SMILES string of the molecule is CCCCCCCCCCCCC[C@H](CC)OC(=O)CCCCCC. The molecule has 0 aliphatic heterocycles. The summed E-state index contributed by atoms with van der Waals surface area (Å²) in [6, 6.07) is 0. The van der Waals surface area contributed by atoms with Gasteiger partial charge in [0.1, 0.15) is 6.10 Å². The summed E-state index contributed by atoms with van der Waals surface area (Å²) in [5.41, 5.74) is 0. The van der Waals surface area contributed by atoms with E-state index in [1.165, 1.54) is 83.5 Å². The fourth-order valence-corrected chi connectivity index (χ4v) is 3.32. The van der Waals surface area contributed by atoms with Crippen molar-refractivity contribution in [1.82, 2.24) is 0 Å². The van der Waals surface area contributed by atoms with Crippen molar-refractivity contribution in [2.45, 2.75) is 142 Å². The third-order valence-electron chi connectivity index (χ3n) is 5.12. The average Bonchev–Trinajstić information content (AvgIpc) is 2.62. The van der Waals surface area contributed by atoms with Crippen LogP contribution < -0.4 is 0 Å². The van der Waals surface area contributed by atoms with E-state index in [1.807, 2.05) is 0 Å². The Morgan fingerprint density at radius 1 is 0.640 bits per heavy atom. The van der Waals surface area contributed by atoms with Crippen molar-refractivity contribution in [3.8, 4) is 0 Å². The number of hydrogen-bond acceptors (Lipinski definition) is 2. The molecule has 0 rings (SSSR count). The molecule has 2 nitrogen and oxygen atoms in total. The molecule has 0 bridgehead atoms. The van der Waals surface area contributed by atoms with Crippen molar-refractivity contribution in [3.63, 3.8) is 0 Å². The van der Waals surface area contributed by atoms with Crippen molar-refractivity contribution in [1.29, 1.82) is 0 Å². The Hall–Kier alpha value is -0.530. The molecule has 0 aromatic heterocycles. The Kier molecular flexibility index (Phi) is 19.4. The number of esters is 1. The standard InChI is InChI=1S/C23H46O2/c1-4-7-9-11-12-13-14-15-16-17-18-20-22(6-3)25-23(24)21-19-10-8-5-2/h22H,4-21H2,1-3H3/t22-/m0/s1. The molecular formula is C23H46O2. The van der Waals surface area contributed by atoms with Crippen LogP contribution in [0, 0.1) is 0 Å². The lowest BCUT2D eigenvalue weighted by atomic mass is 10.0. The van der Waals surface area contributed by atoms with Crippen LogP contribution in [0.25, 0.3) is 0 Å². The number of unbranched alkanes of at least 4 members (excludes halogenated alkanes) is 13. The van der Waals surface area contributed by atoms with Gasteiger partial charge in [-0.1, -0.05) is 104 Å². The molecular weight excluding hydrogens is 308 g/mol. The van der Waals surface area contributed by atoms with Crippen molar-refractivity contribution < 1.29 is 9.53 Å². The number of carbonyl (C=O) groups excluding carboxylic acids is 1. The van der Waals surface area contributed by atoms with Crippen LogP contribution in [0.15, 0.2) is 0 Å². The monoisotopic (exact) mass is 354 g/mol. The highest BCUT2D eigenvalue weighted by Crippen LogP contribution is 2.15. The van der Waals surface area contributed by atoms with Gasteiger partial charge in [-0.15, -0.1) is 0 Å². The molecule has 0 spiro atoms. The van der Waals surface area contributed by atoms with E-state index < -0.39 is 0 Å². The van der Waals surface area contributed by atoms with Gasteiger partial charge in [0.05, 0.1) is 0 Å². The second kappa shape index (κ2) is 19.8. The zero-order chi connectivity index (χ0) is 18.6. The Morgan fingerprint density at radius 3 is 1.56 bits per heavy atom. The van der Waals surface area contributed by atoms with E-state index in [1.54, 1.807) is 0 Å². The van der Waals surface area contributed by atoms with Crippen molar-refractivity contribution in [2.75, 3.05) is 0 Å². The van der Waals surface area contributed by atoms with Gasteiger partial charge in [-0.2, -0.15) is 0 Å². The largest absolute Gasteiger partial charge is 0.462 e. The van der Waals surface area contributed by atoms with Gasteiger partial charge in [0, 0.05) is 6.42 Å². The lowest BCUT2D eigenvalue weighted by Crippen LogP contribution is -2.17. The van der Waals surface area contributed by atoms with Gasteiger partial charge in [-0.3, -0.25) is 4.79 Å². The maximum Gasteiger partial charge on any atom is 0.306 e. The van der Waals surface area contributed by atoms with Gasteiger partial charge >= 0.3 is 5.97 Å². The number of rotatable bonds is 19. The highest BCUT2D eigenvalue weighted by atomic mass is 16.5. The van der Waals surface area contributed by atoms with Crippen LogP contribution in [0.1, 0.15) is 136 Å². The molecule has 150 valence electrons. The first-order chi connectivity index (χ1) is 12.2. The molecule has 2 heteroatoms. The summed E-state index contributed by atoms with van der Waals surface area (Å²) in [4.78, 5) is 11.9.